The van der Waals surface area contributed by atoms with E-state index in [-0.39, 0.29) is 5.60 Å². The van der Waals surface area contributed by atoms with E-state index in [1.807, 2.05) is 0 Å². The third-order valence-electron chi connectivity index (χ3n) is 4.72. The second-order valence-electron chi connectivity index (χ2n) is 6.30. The van der Waals surface area contributed by atoms with Crippen LogP contribution < -0.4 is 5.32 Å². The lowest BCUT2D eigenvalue weighted by Gasteiger charge is -2.38. The Morgan fingerprint density at radius 3 is 2.84 bits per heavy atom. The summed E-state index contributed by atoms with van der Waals surface area (Å²) in [7, 11) is 0. The molecular formula is C14H21N3OS. The average Bonchev–Trinajstić information content (AvgIpc) is 3.01. The Kier molecular flexibility index (Phi) is 2.99. The van der Waals surface area contributed by atoms with Gasteiger partial charge in [0.2, 0.25) is 5.13 Å². The zero-order valence-corrected chi connectivity index (χ0v) is 12.0. The minimum absolute atomic E-state index is 0.180. The van der Waals surface area contributed by atoms with Gasteiger partial charge in [-0.05, 0) is 38.5 Å². The smallest absolute Gasteiger partial charge is 0.202 e. The standard InChI is InChI=1S/C14H21N3OS/c1-2-7-14(6-1)9-11(5-8-18-14)15-13-16-12(17-19-13)10-3-4-10/h10-11H,1-9H2,(H,15,16,17)/t11-/m1/s1. The van der Waals surface area contributed by atoms with Crippen molar-refractivity contribution < 1.29 is 4.74 Å². The molecule has 19 heavy (non-hydrogen) atoms. The number of ether oxygens (including phenoxy) is 1. The summed E-state index contributed by atoms with van der Waals surface area (Å²) >= 11 is 1.53. The van der Waals surface area contributed by atoms with E-state index in [0.29, 0.717) is 12.0 Å². The van der Waals surface area contributed by atoms with Gasteiger partial charge in [0.25, 0.3) is 0 Å². The summed E-state index contributed by atoms with van der Waals surface area (Å²) in [6.45, 7) is 0.895. The number of hydrogen-bond donors (Lipinski definition) is 1. The molecule has 1 atom stereocenters. The number of anilines is 1. The Morgan fingerprint density at radius 2 is 2.05 bits per heavy atom. The van der Waals surface area contributed by atoms with Crippen LogP contribution in [0.4, 0.5) is 5.13 Å². The largest absolute Gasteiger partial charge is 0.375 e. The van der Waals surface area contributed by atoms with Gasteiger partial charge >= 0.3 is 0 Å². The van der Waals surface area contributed by atoms with Crippen LogP contribution >= 0.6 is 11.5 Å². The lowest BCUT2D eigenvalue weighted by atomic mass is 9.89. The van der Waals surface area contributed by atoms with Crippen LogP contribution in [0.5, 0.6) is 0 Å². The molecule has 0 bridgehead atoms. The van der Waals surface area contributed by atoms with Crippen LogP contribution in [0.2, 0.25) is 0 Å². The first-order chi connectivity index (χ1) is 9.33. The lowest BCUT2D eigenvalue weighted by Crippen LogP contribution is -2.42. The molecule has 1 aromatic heterocycles. The van der Waals surface area contributed by atoms with Gasteiger partial charge < -0.3 is 10.1 Å². The molecule has 4 nitrogen and oxygen atoms in total. The van der Waals surface area contributed by atoms with Crippen LogP contribution in [0, 0.1) is 0 Å². The molecule has 104 valence electrons. The van der Waals surface area contributed by atoms with E-state index in [1.165, 1.54) is 50.1 Å². The maximum absolute atomic E-state index is 6.08. The molecule has 1 saturated heterocycles. The molecule has 0 radical (unpaired) electrons. The van der Waals surface area contributed by atoms with Gasteiger partial charge in [0, 0.05) is 30.1 Å². The molecular weight excluding hydrogens is 258 g/mol. The quantitative estimate of drug-likeness (QED) is 0.922. The number of hydrogen-bond acceptors (Lipinski definition) is 5. The van der Waals surface area contributed by atoms with E-state index in [2.05, 4.69) is 14.7 Å². The van der Waals surface area contributed by atoms with Gasteiger partial charge in [-0.1, -0.05) is 12.8 Å². The van der Waals surface area contributed by atoms with Crippen molar-refractivity contribution in [2.24, 2.45) is 0 Å². The number of nitrogens with one attached hydrogen (secondary N) is 1. The maximum atomic E-state index is 6.08. The summed E-state index contributed by atoms with van der Waals surface area (Å²) in [5, 5.41) is 4.62. The highest BCUT2D eigenvalue weighted by Crippen LogP contribution is 2.42. The van der Waals surface area contributed by atoms with Crippen molar-refractivity contribution in [1.82, 2.24) is 9.36 Å². The fourth-order valence-corrected chi connectivity index (χ4v) is 4.22. The number of nitrogens with zero attached hydrogens (tertiary/aromatic N) is 2. The van der Waals surface area contributed by atoms with Crippen molar-refractivity contribution in [2.75, 3.05) is 11.9 Å². The van der Waals surface area contributed by atoms with Crippen LogP contribution in [0.25, 0.3) is 0 Å². The third-order valence-corrected chi connectivity index (χ3v) is 5.38. The van der Waals surface area contributed by atoms with Crippen molar-refractivity contribution in [1.29, 1.82) is 0 Å². The van der Waals surface area contributed by atoms with E-state index in [1.54, 1.807) is 0 Å². The predicted molar refractivity (Wildman–Crippen MR) is 75.7 cm³/mol. The molecule has 1 aromatic rings. The monoisotopic (exact) mass is 279 g/mol. The first kappa shape index (κ1) is 12.1. The van der Waals surface area contributed by atoms with E-state index in [0.717, 1.165) is 30.4 Å². The third kappa shape index (κ3) is 2.50. The van der Waals surface area contributed by atoms with Crippen LogP contribution in [0.1, 0.15) is 63.1 Å². The Bertz CT molecular complexity index is 451. The molecule has 2 aliphatic carbocycles. The second-order valence-corrected chi connectivity index (χ2v) is 7.06. The SMILES string of the molecule is C1CCC2(C1)C[C@H](Nc1nc(C3CC3)ns1)CCO2. The first-order valence-corrected chi connectivity index (χ1v) is 8.34. The summed E-state index contributed by atoms with van der Waals surface area (Å²) in [4.78, 5) is 4.64. The highest BCUT2D eigenvalue weighted by molar-refractivity contribution is 7.09. The zero-order chi connectivity index (χ0) is 12.7. The molecule has 1 spiro atoms. The van der Waals surface area contributed by atoms with Crippen molar-refractivity contribution in [3.63, 3.8) is 0 Å². The van der Waals surface area contributed by atoms with Gasteiger partial charge in [-0.3, -0.25) is 0 Å². The van der Waals surface area contributed by atoms with Crippen molar-refractivity contribution in [3.05, 3.63) is 5.82 Å². The first-order valence-electron chi connectivity index (χ1n) is 7.57. The molecule has 4 rings (SSSR count). The predicted octanol–water partition coefficient (Wildman–Crippen LogP) is 3.32. The Balaban J connectivity index is 1.40. The average molecular weight is 279 g/mol. The lowest BCUT2D eigenvalue weighted by molar-refractivity contribution is -0.0767. The summed E-state index contributed by atoms with van der Waals surface area (Å²) in [5.74, 6) is 1.72. The van der Waals surface area contributed by atoms with Gasteiger partial charge in [-0.2, -0.15) is 4.37 Å². The van der Waals surface area contributed by atoms with Gasteiger partial charge in [0.1, 0.15) is 5.82 Å². The topological polar surface area (TPSA) is 47.0 Å². The fraction of sp³-hybridized carbons (Fsp3) is 0.857. The molecule has 0 unspecified atom stereocenters. The van der Waals surface area contributed by atoms with E-state index < -0.39 is 0 Å². The summed E-state index contributed by atoms with van der Waals surface area (Å²) < 4.78 is 10.5. The normalized spacial score (nSPS) is 29.8. The molecule has 1 aliphatic heterocycles. The van der Waals surface area contributed by atoms with Crippen molar-refractivity contribution in [2.45, 2.75) is 68.9 Å². The molecule has 0 aromatic carbocycles. The highest BCUT2D eigenvalue weighted by Gasteiger charge is 2.40. The summed E-state index contributed by atoms with van der Waals surface area (Å²) in [6.07, 6.45) is 9.94. The Morgan fingerprint density at radius 1 is 1.21 bits per heavy atom. The zero-order valence-electron chi connectivity index (χ0n) is 11.2. The van der Waals surface area contributed by atoms with E-state index >= 15 is 0 Å². The van der Waals surface area contributed by atoms with Crippen LogP contribution in [0.15, 0.2) is 0 Å². The van der Waals surface area contributed by atoms with Gasteiger partial charge in [-0.15, -0.1) is 0 Å². The molecule has 1 N–H and O–H groups in total. The highest BCUT2D eigenvalue weighted by atomic mass is 32.1. The molecule has 5 heteroatoms. The molecule has 3 fully saturated rings. The van der Waals surface area contributed by atoms with Crippen LogP contribution in [-0.4, -0.2) is 27.6 Å². The minimum Gasteiger partial charge on any atom is -0.375 e. The minimum atomic E-state index is 0.180. The van der Waals surface area contributed by atoms with E-state index in [4.69, 9.17) is 4.74 Å². The fourth-order valence-electron chi connectivity index (χ4n) is 3.49. The van der Waals surface area contributed by atoms with E-state index in [9.17, 15) is 0 Å². The maximum Gasteiger partial charge on any atom is 0.202 e. The van der Waals surface area contributed by atoms with Gasteiger partial charge in [-0.25, -0.2) is 4.98 Å². The molecule has 2 saturated carbocycles. The summed E-state index contributed by atoms with van der Waals surface area (Å²) in [6, 6.07) is 0.520. The Labute approximate surface area is 118 Å². The number of rotatable bonds is 3. The Hall–Kier alpha value is -0.680. The second kappa shape index (κ2) is 4.70. The van der Waals surface area contributed by atoms with Gasteiger partial charge in [0.15, 0.2) is 0 Å². The molecule has 2 heterocycles. The van der Waals surface area contributed by atoms with Crippen molar-refractivity contribution >= 4 is 16.7 Å². The van der Waals surface area contributed by atoms with Crippen molar-refractivity contribution in [3.8, 4) is 0 Å². The van der Waals surface area contributed by atoms with Gasteiger partial charge in [0.05, 0.1) is 5.60 Å². The molecule has 3 aliphatic rings. The molecule has 0 amide bonds. The summed E-state index contributed by atoms with van der Waals surface area (Å²) in [5.41, 5.74) is 0.180. The van der Waals surface area contributed by atoms with Crippen LogP contribution in [0.3, 0.4) is 0 Å². The number of aromatic nitrogens is 2. The van der Waals surface area contributed by atoms with Crippen LogP contribution in [-0.2, 0) is 4.74 Å².